The highest BCUT2D eigenvalue weighted by molar-refractivity contribution is 5.91. The molecule has 0 bridgehead atoms. The van der Waals surface area contributed by atoms with E-state index in [4.69, 9.17) is 8.94 Å². The summed E-state index contributed by atoms with van der Waals surface area (Å²) >= 11 is 0. The first-order valence-electron chi connectivity index (χ1n) is 7.61. The Balaban J connectivity index is 1.73. The van der Waals surface area contributed by atoms with Crippen molar-refractivity contribution in [1.29, 1.82) is 0 Å². The molecule has 2 heterocycles. The van der Waals surface area contributed by atoms with Gasteiger partial charge in [-0.1, -0.05) is 29.4 Å². The van der Waals surface area contributed by atoms with Gasteiger partial charge in [-0.05, 0) is 30.2 Å². The maximum absolute atomic E-state index is 11.9. The normalized spacial score (nSPS) is 10.5. The first-order chi connectivity index (χ1) is 11.8. The minimum absolute atomic E-state index is 0.0517. The van der Waals surface area contributed by atoms with Gasteiger partial charge < -0.3 is 14.3 Å². The molecule has 0 aliphatic carbocycles. The zero-order valence-electron chi connectivity index (χ0n) is 13.1. The minimum Gasteiger partial charge on any atom is -0.461 e. The number of aromatic nitrogens is 2. The fourth-order valence-corrected chi connectivity index (χ4v) is 2.24. The van der Waals surface area contributed by atoms with E-state index in [0.29, 0.717) is 36.7 Å². The van der Waals surface area contributed by atoms with Crippen molar-refractivity contribution in [2.75, 3.05) is 5.32 Å². The number of nitrogens with one attached hydrogen (secondary N) is 1. The van der Waals surface area contributed by atoms with Crippen molar-refractivity contribution in [3.63, 3.8) is 0 Å². The molecule has 0 atom stereocenters. The van der Waals surface area contributed by atoms with Crippen LogP contribution in [0.3, 0.4) is 0 Å². The van der Waals surface area contributed by atoms with Gasteiger partial charge in [0.25, 0.3) is 0 Å². The molecule has 3 aromatic rings. The van der Waals surface area contributed by atoms with Gasteiger partial charge in [0.15, 0.2) is 5.76 Å². The lowest BCUT2D eigenvalue weighted by Crippen LogP contribution is -2.12. The summed E-state index contributed by atoms with van der Waals surface area (Å²) in [6, 6.07) is 11.1. The summed E-state index contributed by atoms with van der Waals surface area (Å²) in [5.74, 6) is 1.36. The number of carbonyl (C=O) groups excluding carboxylic acids is 1. The molecule has 0 radical (unpaired) electrons. The average Bonchev–Trinajstić information content (AvgIpc) is 3.26. The molecule has 122 valence electrons. The number of amides is 1. The van der Waals surface area contributed by atoms with Crippen molar-refractivity contribution in [2.45, 2.75) is 19.3 Å². The second kappa shape index (κ2) is 7.41. The third-order valence-electron chi connectivity index (χ3n) is 3.42. The van der Waals surface area contributed by atoms with Crippen LogP contribution in [0.1, 0.15) is 24.3 Å². The second-order valence-corrected chi connectivity index (χ2v) is 5.20. The summed E-state index contributed by atoms with van der Waals surface area (Å²) < 4.78 is 10.5. The predicted molar refractivity (Wildman–Crippen MR) is 89.3 cm³/mol. The van der Waals surface area contributed by atoms with Crippen LogP contribution in [0.25, 0.3) is 11.6 Å². The highest BCUT2D eigenvalue weighted by Crippen LogP contribution is 2.21. The zero-order chi connectivity index (χ0) is 16.8. The van der Waals surface area contributed by atoms with Gasteiger partial charge in [-0.2, -0.15) is 4.98 Å². The van der Waals surface area contributed by atoms with E-state index in [-0.39, 0.29) is 5.91 Å². The van der Waals surface area contributed by atoms with Gasteiger partial charge in [-0.25, -0.2) is 0 Å². The minimum atomic E-state index is -0.0517. The van der Waals surface area contributed by atoms with E-state index in [1.54, 1.807) is 24.5 Å². The molecule has 0 saturated carbocycles. The van der Waals surface area contributed by atoms with E-state index in [9.17, 15) is 4.79 Å². The molecule has 0 aliphatic heterocycles. The van der Waals surface area contributed by atoms with Gasteiger partial charge in [0.1, 0.15) is 0 Å². The lowest BCUT2D eigenvalue weighted by Gasteiger charge is -2.09. The van der Waals surface area contributed by atoms with Crippen LogP contribution in [-0.4, -0.2) is 16.0 Å². The van der Waals surface area contributed by atoms with Crippen molar-refractivity contribution in [3.8, 4) is 11.6 Å². The smallest absolute Gasteiger partial charge is 0.238 e. The van der Waals surface area contributed by atoms with Crippen LogP contribution in [0.4, 0.5) is 5.69 Å². The van der Waals surface area contributed by atoms with Gasteiger partial charge in [-0.3, -0.25) is 4.79 Å². The molecular formula is C18H17N3O3. The molecule has 1 aromatic carbocycles. The summed E-state index contributed by atoms with van der Waals surface area (Å²) in [6.07, 6.45) is 4.75. The summed E-state index contributed by atoms with van der Waals surface area (Å²) in [5.41, 5.74) is 1.64. The number of para-hydroxylation sites is 1. The number of rotatable bonds is 7. The number of carbonyl (C=O) groups is 1. The summed E-state index contributed by atoms with van der Waals surface area (Å²) in [5, 5.41) is 6.81. The number of furan rings is 1. The summed E-state index contributed by atoms with van der Waals surface area (Å²) in [7, 11) is 0. The molecule has 2 aromatic heterocycles. The third kappa shape index (κ3) is 3.78. The Morgan fingerprint density at radius 1 is 1.25 bits per heavy atom. The van der Waals surface area contributed by atoms with E-state index in [1.165, 1.54) is 0 Å². The fourth-order valence-electron chi connectivity index (χ4n) is 2.24. The first kappa shape index (κ1) is 15.7. The lowest BCUT2D eigenvalue weighted by molar-refractivity contribution is -0.116. The molecule has 1 N–H and O–H groups in total. The maximum atomic E-state index is 11.9. The molecular weight excluding hydrogens is 306 g/mol. The van der Waals surface area contributed by atoms with Crippen LogP contribution in [-0.2, 0) is 11.2 Å². The molecule has 0 saturated heterocycles. The predicted octanol–water partition coefficient (Wildman–Crippen LogP) is 3.83. The molecule has 6 heteroatoms. The van der Waals surface area contributed by atoms with Crippen molar-refractivity contribution in [2.24, 2.45) is 0 Å². The first-order valence-corrected chi connectivity index (χ1v) is 7.61. The van der Waals surface area contributed by atoms with E-state index < -0.39 is 0 Å². The number of nitrogens with zero attached hydrogens (tertiary/aromatic N) is 2. The van der Waals surface area contributed by atoms with Crippen molar-refractivity contribution < 1.29 is 13.7 Å². The van der Waals surface area contributed by atoms with Gasteiger partial charge in [-0.15, -0.1) is 6.58 Å². The fraction of sp³-hybridized carbons (Fsp3) is 0.167. The quantitative estimate of drug-likeness (QED) is 0.668. The Labute approximate surface area is 139 Å². The molecule has 24 heavy (non-hydrogen) atoms. The lowest BCUT2D eigenvalue weighted by atomic mass is 10.1. The van der Waals surface area contributed by atoms with Crippen LogP contribution in [0, 0.1) is 0 Å². The number of anilines is 1. The highest BCUT2D eigenvalue weighted by Gasteiger charge is 2.13. The zero-order valence-corrected chi connectivity index (χ0v) is 13.1. The number of hydrogen-bond acceptors (Lipinski definition) is 5. The van der Waals surface area contributed by atoms with Crippen LogP contribution in [0.15, 0.2) is 64.3 Å². The van der Waals surface area contributed by atoms with E-state index in [0.717, 1.165) is 11.3 Å². The Bertz CT molecular complexity index is 822. The molecule has 0 fully saturated rings. The van der Waals surface area contributed by atoms with Crippen molar-refractivity contribution >= 4 is 11.6 Å². The van der Waals surface area contributed by atoms with Crippen molar-refractivity contribution in [3.05, 3.63) is 66.8 Å². The van der Waals surface area contributed by atoms with E-state index in [2.05, 4.69) is 22.0 Å². The van der Waals surface area contributed by atoms with Crippen LogP contribution in [0.2, 0.25) is 0 Å². The Morgan fingerprint density at radius 2 is 2.12 bits per heavy atom. The topological polar surface area (TPSA) is 81.2 Å². The molecule has 0 aliphatic rings. The van der Waals surface area contributed by atoms with Crippen LogP contribution < -0.4 is 5.32 Å². The third-order valence-corrected chi connectivity index (χ3v) is 3.42. The molecule has 1 amide bonds. The number of hydrogen-bond donors (Lipinski definition) is 1. The SMILES string of the molecule is C=CCCC(=O)Nc1ccccc1Cc1nc(-c2ccco2)no1. The average molecular weight is 323 g/mol. The van der Waals surface area contributed by atoms with E-state index in [1.807, 2.05) is 24.3 Å². The van der Waals surface area contributed by atoms with Gasteiger partial charge in [0.05, 0.1) is 12.7 Å². The number of benzene rings is 1. The van der Waals surface area contributed by atoms with Gasteiger partial charge in [0, 0.05) is 12.1 Å². The molecule has 0 unspecified atom stereocenters. The highest BCUT2D eigenvalue weighted by atomic mass is 16.5. The van der Waals surface area contributed by atoms with Gasteiger partial charge >= 0.3 is 0 Å². The van der Waals surface area contributed by atoms with Crippen LogP contribution in [0.5, 0.6) is 0 Å². The standard InChI is InChI=1S/C18H17N3O3/c1-2-3-10-16(22)19-14-8-5-4-7-13(14)12-17-20-18(21-24-17)15-9-6-11-23-15/h2,4-9,11H,1,3,10,12H2,(H,19,22). The molecule has 6 nitrogen and oxygen atoms in total. The van der Waals surface area contributed by atoms with E-state index >= 15 is 0 Å². The Hall–Kier alpha value is -3.15. The number of allylic oxidation sites excluding steroid dienone is 1. The molecule has 3 rings (SSSR count). The summed E-state index contributed by atoms with van der Waals surface area (Å²) in [4.78, 5) is 16.2. The Morgan fingerprint density at radius 3 is 2.92 bits per heavy atom. The van der Waals surface area contributed by atoms with Gasteiger partial charge in [0.2, 0.25) is 17.6 Å². The maximum Gasteiger partial charge on any atom is 0.238 e. The largest absolute Gasteiger partial charge is 0.461 e. The monoisotopic (exact) mass is 323 g/mol. The Kier molecular flexibility index (Phi) is 4.86. The molecule has 0 spiro atoms. The van der Waals surface area contributed by atoms with Crippen molar-refractivity contribution in [1.82, 2.24) is 10.1 Å². The second-order valence-electron chi connectivity index (χ2n) is 5.20. The van der Waals surface area contributed by atoms with Crippen LogP contribution >= 0.6 is 0 Å². The summed E-state index contributed by atoms with van der Waals surface area (Å²) in [6.45, 7) is 3.62.